The van der Waals surface area contributed by atoms with Crippen molar-refractivity contribution < 1.29 is 19.1 Å². The van der Waals surface area contributed by atoms with E-state index < -0.39 is 0 Å². The van der Waals surface area contributed by atoms with E-state index in [1.807, 2.05) is 36.4 Å². The third-order valence-corrected chi connectivity index (χ3v) is 6.36. The molecule has 30 heavy (non-hydrogen) atoms. The van der Waals surface area contributed by atoms with E-state index in [1.165, 1.54) is 0 Å². The molecule has 0 aliphatic heterocycles. The molecule has 0 amide bonds. The molecule has 1 unspecified atom stereocenters. The molecule has 0 N–H and O–H groups in total. The van der Waals surface area contributed by atoms with Crippen molar-refractivity contribution in [3.63, 3.8) is 0 Å². The van der Waals surface area contributed by atoms with Crippen molar-refractivity contribution in [2.24, 2.45) is 0 Å². The SMILES string of the molecule is C=CCCOC(=O)c1ccccc1I.O=C(OCCC(Cl)CCl)c1ccccc1I. The van der Waals surface area contributed by atoms with Gasteiger partial charge in [0.1, 0.15) is 0 Å². The Hall–Kier alpha value is -0.840. The summed E-state index contributed by atoms with van der Waals surface area (Å²) in [6.45, 7) is 4.25. The Labute approximate surface area is 214 Å². The molecule has 1 atom stereocenters. The largest absolute Gasteiger partial charge is 0.462 e. The van der Waals surface area contributed by atoms with Crippen LogP contribution in [0.15, 0.2) is 61.2 Å². The molecular weight excluding hydrogens is 653 g/mol. The van der Waals surface area contributed by atoms with Gasteiger partial charge >= 0.3 is 11.9 Å². The molecule has 2 aromatic carbocycles. The molecule has 2 rings (SSSR count). The van der Waals surface area contributed by atoms with Gasteiger partial charge < -0.3 is 9.47 Å². The third-order valence-electron chi connectivity index (χ3n) is 3.57. The normalized spacial score (nSPS) is 10.9. The zero-order valence-electron chi connectivity index (χ0n) is 16.2. The van der Waals surface area contributed by atoms with Gasteiger partial charge in [-0.15, -0.1) is 29.8 Å². The Morgan fingerprint density at radius 2 is 1.40 bits per heavy atom. The summed E-state index contributed by atoms with van der Waals surface area (Å²) in [6.07, 6.45) is 2.98. The van der Waals surface area contributed by atoms with E-state index in [2.05, 4.69) is 51.8 Å². The van der Waals surface area contributed by atoms with Crippen LogP contribution in [0.3, 0.4) is 0 Å². The van der Waals surface area contributed by atoms with Crippen LogP contribution in [0.1, 0.15) is 33.6 Å². The van der Waals surface area contributed by atoms with E-state index in [4.69, 9.17) is 32.7 Å². The van der Waals surface area contributed by atoms with Crippen LogP contribution in [-0.4, -0.2) is 36.4 Å². The molecular formula is C22H22Cl2I2O4. The van der Waals surface area contributed by atoms with Crippen LogP contribution in [0.2, 0.25) is 0 Å². The highest BCUT2D eigenvalue weighted by Gasteiger charge is 2.11. The first kappa shape index (κ1) is 27.2. The second-order valence-corrected chi connectivity index (χ2v) is 9.10. The average Bonchev–Trinajstić information content (AvgIpc) is 2.74. The first-order chi connectivity index (χ1) is 14.4. The van der Waals surface area contributed by atoms with Gasteiger partial charge in [-0.3, -0.25) is 0 Å². The quantitative estimate of drug-likeness (QED) is 0.0976. The third kappa shape index (κ3) is 10.5. The predicted molar refractivity (Wildman–Crippen MR) is 139 cm³/mol. The van der Waals surface area contributed by atoms with E-state index in [0.29, 0.717) is 43.1 Å². The van der Waals surface area contributed by atoms with Crippen molar-refractivity contribution in [1.82, 2.24) is 0 Å². The lowest BCUT2D eigenvalue weighted by molar-refractivity contribution is 0.0494. The van der Waals surface area contributed by atoms with Crippen molar-refractivity contribution >= 4 is 80.3 Å². The molecule has 0 radical (unpaired) electrons. The predicted octanol–water partition coefficient (Wildman–Crippen LogP) is 6.71. The number of carbonyl (C=O) groups excluding carboxylic acids is 2. The van der Waals surface area contributed by atoms with Crippen LogP contribution >= 0.6 is 68.4 Å². The van der Waals surface area contributed by atoms with Crippen LogP contribution in [0.4, 0.5) is 0 Å². The number of esters is 2. The summed E-state index contributed by atoms with van der Waals surface area (Å²) in [7, 11) is 0. The molecule has 0 heterocycles. The number of carbonyl (C=O) groups is 2. The van der Waals surface area contributed by atoms with Crippen molar-refractivity contribution in [2.75, 3.05) is 19.1 Å². The van der Waals surface area contributed by atoms with Crippen LogP contribution in [0.5, 0.6) is 0 Å². The molecule has 0 spiro atoms. The van der Waals surface area contributed by atoms with Gasteiger partial charge in [-0.25, -0.2) is 9.59 Å². The summed E-state index contributed by atoms with van der Waals surface area (Å²) >= 11 is 15.6. The van der Waals surface area contributed by atoms with Crippen molar-refractivity contribution in [3.8, 4) is 0 Å². The summed E-state index contributed by atoms with van der Waals surface area (Å²) < 4.78 is 11.9. The van der Waals surface area contributed by atoms with E-state index in [0.717, 1.165) is 7.14 Å². The molecule has 0 bridgehead atoms. The molecule has 4 nitrogen and oxygen atoms in total. The number of alkyl halides is 2. The van der Waals surface area contributed by atoms with Crippen molar-refractivity contribution in [3.05, 3.63) is 79.5 Å². The Balaban J connectivity index is 0.000000303. The molecule has 162 valence electrons. The Kier molecular flexibility index (Phi) is 14.4. The number of benzene rings is 2. The van der Waals surface area contributed by atoms with Crippen LogP contribution in [0.25, 0.3) is 0 Å². The molecule has 0 fully saturated rings. The number of hydrogen-bond acceptors (Lipinski definition) is 4. The first-order valence-electron chi connectivity index (χ1n) is 9.04. The van der Waals surface area contributed by atoms with E-state index in [-0.39, 0.29) is 17.3 Å². The average molecular weight is 675 g/mol. The fraction of sp³-hybridized carbons (Fsp3) is 0.273. The molecule has 0 saturated heterocycles. The van der Waals surface area contributed by atoms with E-state index >= 15 is 0 Å². The van der Waals surface area contributed by atoms with Gasteiger partial charge in [-0.05, 0) is 82.3 Å². The number of hydrogen-bond donors (Lipinski definition) is 0. The summed E-state index contributed by atoms with van der Waals surface area (Å²) in [5.41, 5.74) is 1.21. The Morgan fingerprint density at radius 3 is 1.83 bits per heavy atom. The molecule has 0 aromatic heterocycles. The Morgan fingerprint density at radius 1 is 0.933 bits per heavy atom. The summed E-state index contributed by atoms with van der Waals surface area (Å²) in [4.78, 5) is 23.1. The zero-order valence-corrected chi connectivity index (χ0v) is 22.0. The molecule has 0 saturated carbocycles. The fourth-order valence-electron chi connectivity index (χ4n) is 2.00. The van der Waals surface area contributed by atoms with E-state index in [9.17, 15) is 9.59 Å². The zero-order chi connectivity index (χ0) is 22.4. The molecule has 0 aliphatic rings. The highest BCUT2D eigenvalue weighted by atomic mass is 127. The summed E-state index contributed by atoms with van der Waals surface area (Å²) in [5.74, 6) is -0.220. The second-order valence-electron chi connectivity index (χ2n) is 5.85. The van der Waals surface area contributed by atoms with Crippen LogP contribution in [0, 0.1) is 7.14 Å². The maximum absolute atomic E-state index is 11.6. The van der Waals surface area contributed by atoms with Crippen LogP contribution in [-0.2, 0) is 9.47 Å². The standard InChI is InChI=1S/C11H11Cl2IO2.C11H11IO2/c12-7-8(13)5-6-16-11(15)9-3-1-2-4-10(9)14;1-2-3-8-14-11(13)9-6-4-5-7-10(9)12/h1-4,8H,5-7H2;2,4-7H,1,3,8H2. The van der Waals surface area contributed by atoms with Gasteiger partial charge in [0.25, 0.3) is 0 Å². The monoisotopic (exact) mass is 674 g/mol. The van der Waals surface area contributed by atoms with Gasteiger partial charge in [0.15, 0.2) is 0 Å². The molecule has 8 heteroatoms. The van der Waals surface area contributed by atoms with Gasteiger partial charge in [0, 0.05) is 13.0 Å². The highest BCUT2D eigenvalue weighted by Crippen LogP contribution is 2.14. The lowest BCUT2D eigenvalue weighted by Gasteiger charge is -2.07. The van der Waals surface area contributed by atoms with Crippen LogP contribution < -0.4 is 0 Å². The maximum atomic E-state index is 11.6. The minimum atomic E-state index is -0.316. The topological polar surface area (TPSA) is 52.6 Å². The number of halogens is 4. The van der Waals surface area contributed by atoms with Crippen molar-refractivity contribution in [1.29, 1.82) is 0 Å². The lowest BCUT2D eigenvalue weighted by atomic mass is 10.2. The smallest absolute Gasteiger partial charge is 0.339 e. The Bertz CT molecular complexity index is 830. The van der Waals surface area contributed by atoms with Gasteiger partial charge in [0.2, 0.25) is 0 Å². The van der Waals surface area contributed by atoms with Crippen molar-refractivity contribution in [2.45, 2.75) is 18.2 Å². The minimum Gasteiger partial charge on any atom is -0.462 e. The maximum Gasteiger partial charge on any atom is 0.339 e. The van der Waals surface area contributed by atoms with Gasteiger partial charge in [0.05, 0.1) is 29.7 Å². The second kappa shape index (κ2) is 15.9. The van der Waals surface area contributed by atoms with Gasteiger partial charge in [-0.1, -0.05) is 30.3 Å². The molecule has 0 aliphatic carbocycles. The number of rotatable bonds is 9. The minimum absolute atomic E-state index is 0.149. The fourth-order valence-corrected chi connectivity index (χ4v) is 3.46. The van der Waals surface area contributed by atoms with E-state index in [1.54, 1.807) is 18.2 Å². The first-order valence-corrected chi connectivity index (χ1v) is 12.2. The molecule has 2 aromatic rings. The summed E-state index contributed by atoms with van der Waals surface area (Å²) in [5, 5.41) is -0.149. The highest BCUT2D eigenvalue weighted by molar-refractivity contribution is 14.1. The van der Waals surface area contributed by atoms with Gasteiger partial charge in [-0.2, -0.15) is 0 Å². The lowest BCUT2D eigenvalue weighted by Crippen LogP contribution is -2.12. The summed E-state index contributed by atoms with van der Waals surface area (Å²) in [6, 6.07) is 14.6. The number of ether oxygens (including phenoxy) is 2.